The van der Waals surface area contributed by atoms with Crippen LogP contribution in [0.3, 0.4) is 0 Å². The van der Waals surface area contributed by atoms with Crippen molar-refractivity contribution in [3.05, 3.63) is 20.3 Å². The van der Waals surface area contributed by atoms with Crippen molar-refractivity contribution in [3.63, 3.8) is 0 Å². The quantitative estimate of drug-likeness (QED) is 0.775. The van der Waals surface area contributed by atoms with Gasteiger partial charge in [-0.1, -0.05) is 11.6 Å². The third-order valence-electron chi connectivity index (χ3n) is 2.23. The summed E-state index contributed by atoms with van der Waals surface area (Å²) in [4.78, 5) is 1.91. The van der Waals surface area contributed by atoms with E-state index >= 15 is 0 Å². The molecule has 0 atom stereocenters. The zero-order valence-corrected chi connectivity index (χ0v) is 10.4. The molecule has 0 fully saturated rings. The van der Waals surface area contributed by atoms with Crippen molar-refractivity contribution in [3.8, 4) is 0 Å². The zero-order chi connectivity index (χ0) is 10.3. The smallest absolute Gasteiger partial charge is 0.212 e. The van der Waals surface area contributed by atoms with E-state index in [-0.39, 0.29) is 5.75 Å². The number of hydrogen-bond donors (Lipinski definition) is 0. The zero-order valence-electron chi connectivity index (χ0n) is 7.22. The van der Waals surface area contributed by atoms with Crippen LogP contribution >= 0.6 is 33.6 Å². The first-order valence-corrected chi connectivity index (χ1v) is 7.86. The van der Waals surface area contributed by atoms with Gasteiger partial charge in [0.05, 0.1) is 5.02 Å². The molecular weight excluding hydrogens is 263 g/mol. The van der Waals surface area contributed by atoms with Gasteiger partial charge in [-0.15, -0.1) is 11.3 Å². The Hall–Kier alpha value is 0.230. The molecule has 0 spiro atoms. The molecule has 0 aromatic carbocycles. The fourth-order valence-corrected chi connectivity index (χ4v) is 4.96. The van der Waals surface area contributed by atoms with E-state index in [1.165, 1.54) is 16.2 Å². The van der Waals surface area contributed by atoms with Crippen LogP contribution in [0.1, 0.15) is 21.7 Å². The fraction of sp³-hybridized carbons (Fsp3) is 0.500. The molecule has 2 nitrogen and oxygen atoms in total. The first-order chi connectivity index (χ1) is 6.47. The summed E-state index contributed by atoms with van der Waals surface area (Å²) in [5.41, 5.74) is 1.13. The minimum absolute atomic E-state index is 0.148. The highest BCUT2D eigenvalue weighted by Crippen LogP contribution is 2.39. The molecule has 0 amide bonds. The largest absolute Gasteiger partial charge is 0.237 e. The van der Waals surface area contributed by atoms with Crippen molar-refractivity contribution < 1.29 is 8.42 Å². The van der Waals surface area contributed by atoms with Gasteiger partial charge in [0.15, 0.2) is 0 Å². The van der Waals surface area contributed by atoms with Crippen molar-refractivity contribution in [1.82, 2.24) is 0 Å². The topological polar surface area (TPSA) is 34.1 Å². The van der Waals surface area contributed by atoms with E-state index in [9.17, 15) is 8.42 Å². The van der Waals surface area contributed by atoms with Gasteiger partial charge in [0.1, 0.15) is 5.75 Å². The van der Waals surface area contributed by atoms with Crippen LogP contribution < -0.4 is 0 Å². The Morgan fingerprint density at radius 3 is 2.64 bits per heavy atom. The summed E-state index contributed by atoms with van der Waals surface area (Å²) >= 11 is 7.54. The SMILES string of the molecule is O=S(=O)(Cl)Cc1sc2c(c1Cl)CCC2. The Labute approximate surface area is 96.3 Å². The molecule has 0 aliphatic heterocycles. The average molecular weight is 271 g/mol. The van der Waals surface area contributed by atoms with Gasteiger partial charge in [-0.2, -0.15) is 0 Å². The van der Waals surface area contributed by atoms with Crippen molar-refractivity contribution >= 4 is 42.7 Å². The molecule has 0 saturated heterocycles. The summed E-state index contributed by atoms with van der Waals surface area (Å²) in [7, 11) is 1.69. The minimum atomic E-state index is -3.49. The van der Waals surface area contributed by atoms with E-state index in [1.54, 1.807) is 0 Å². The number of fused-ring (bicyclic) bond motifs is 1. The summed E-state index contributed by atoms with van der Waals surface area (Å²) < 4.78 is 21.8. The van der Waals surface area contributed by atoms with Crippen LogP contribution in [0.2, 0.25) is 5.02 Å². The second-order valence-corrected chi connectivity index (χ2v) is 7.62. The van der Waals surface area contributed by atoms with Gasteiger partial charge >= 0.3 is 0 Å². The fourth-order valence-electron chi connectivity index (χ4n) is 1.67. The molecule has 78 valence electrons. The van der Waals surface area contributed by atoms with Crippen LogP contribution in [0.25, 0.3) is 0 Å². The Morgan fingerprint density at radius 2 is 2.07 bits per heavy atom. The van der Waals surface area contributed by atoms with Crippen molar-refractivity contribution in [1.29, 1.82) is 0 Å². The maximum Gasteiger partial charge on any atom is 0.237 e. The van der Waals surface area contributed by atoms with Crippen LogP contribution in [-0.4, -0.2) is 8.42 Å². The highest BCUT2D eigenvalue weighted by Gasteiger charge is 2.23. The average Bonchev–Trinajstić information content (AvgIpc) is 2.55. The summed E-state index contributed by atoms with van der Waals surface area (Å²) in [5.74, 6) is -0.148. The molecule has 1 aromatic rings. The lowest BCUT2D eigenvalue weighted by atomic mass is 10.2. The summed E-state index contributed by atoms with van der Waals surface area (Å²) in [6, 6.07) is 0. The number of thiophene rings is 1. The summed E-state index contributed by atoms with van der Waals surface area (Å²) in [6.07, 6.45) is 3.10. The molecule has 0 bridgehead atoms. The molecule has 0 unspecified atom stereocenters. The number of halogens is 2. The van der Waals surface area contributed by atoms with Crippen molar-refractivity contribution in [2.24, 2.45) is 0 Å². The molecule has 14 heavy (non-hydrogen) atoms. The van der Waals surface area contributed by atoms with Gasteiger partial charge in [-0.25, -0.2) is 8.42 Å². The van der Waals surface area contributed by atoms with Crippen molar-refractivity contribution in [2.45, 2.75) is 25.0 Å². The summed E-state index contributed by atoms with van der Waals surface area (Å²) in [5, 5.41) is 0.617. The second-order valence-electron chi connectivity index (χ2n) is 3.28. The Bertz CT molecular complexity index is 462. The normalized spacial score (nSPS) is 15.9. The monoisotopic (exact) mass is 270 g/mol. The van der Waals surface area contributed by atoms with E-state index in [0.717, 1.165) is 24.8 Å². The predicted molar refractivity (Wildman–Crippen MR) is 59.8 cm³/mol. The second kappa shape index (κ2) is 3.67. The maximum atomic E-state index is 10.9. The van der Waals surface area contributed by atoms with E-state index in [4.69, 9.17) is 22.3 Å². The lowest BCUT2D eigenvalue weighted by molar-refractivity contribution is 0.609. The van der Waals surface area contributed by atoms with Crippen LogP contribution in [-0.2, 0) is 27.6 Å². The van der Waals surface area contributed by atoms with Gasteiger partial charge in [0.25, 0.3) is 0 Å². The van der Waals surface area contributed by atoms with Crippen LogP contribution in [0.5, 0.6) is 0 Å². The molecule has 6 heteroatoms. The number of aryl methyl sites for hydroxylation is 1. The minimum Gasteiger partial charge on any atom is -0.212 e. The molecule has 0 radical (unpaired) electrons. The Balaban J connectivity index is 2.37. The number of rotatable bonds is 2. The molecule has 0 saturated carbocycles. The Kier molecular flexibility index (Phi) is 2.81. The highest BCUT2D eigenvalue weighted by atomic mass is 35.7. The molecular formula is C8H8Cl2O2S2. The third kappa shape index (κ3) is 2.08. The maximum absolute atomic E-state index is 10.9. The van der Waals surface area contributed by atoms with E-state index in [0.29, 0.717) is 9.90 Å². The van der Waals surface area contributed by atoms with E-state index in [1.807, 2.05) is 0 Å². The molecule has 2 rings (SSSR count). The molecule has 1 aliphatic rings. The first-order valence-electron chi connectivity index (χ1n) is 4.18. The summed E-state index contributed by atoms with van der Waals surface area (Å²) in [6.45, 7) is 0. The van der Waals surface area contributed by atoms with Crippen LogP contribution in [0.4, 0.5) is 0 Å². The standard InChI is InChI=1S/C8H8Cl2O2S2/c9-8-5-2-1-3-6(5)13-7(8)4-14(10,11)12/h1-4H2. The molecule has 0 N–H and O–H groups in total. The Morgan fingerprint density at radius 1 is 1.36 bits per heavy atom. The third-order valence-corrected chi connectivity index (χ3v) is 5.23. The van der Waals surface area contributed by atoms with Crippen LogP contribution in [0.15, 0.2) is 0 Å². The lowest BCUT2D eigenvalue weighted by Gasteiger charge is -1.95. The molecule has 1 heterocycles. The van der Waals surface area contributed by atoms with Gasteiger partial charge in [-0.05, 0) is 24.8 Å². The van der Waals surface area contributed by atoms with Crippen molar-refractivity contribution in [2.75, 3.05) is 0 Å². The predicted octanol–water partition coefficient (Wildman–Crippen LogP) is 2.96. The van der Waals surface area contributed by atoms with E-state index < -0.39 is 9.05 Å². The van der Waals surface area contributed by atoms with Crippen LogP contribution in [0, 0.1) is 0 Å². The van der Waals surface area contributed by atoms with Gasteiger partial charge in [0, 0.05) is 20.4 Å². The first kappa shape index (κ1) is 10.7. The van der Waals surface area contributed by atoms with E-state index in [2.05, 4.69) is 0 Å². The number of hydrogen-bond acceptors (Lipinski definition) is 3. The highest BCUT2D eigenvalue weighted by molar-refractivity contribution is 8.13. The van der Waals surface area contributed by atoms with Gasteiger partial charge in [-0.3, -0.25) is 0 Å². The molecule has 1 aliphatic carbocycles. The lowest BCUT2D eigenvalue weighted by Crippen LogP contribution is -1.93. The van der Waals surface area contributed by atoms with Gasteiger partial charge < -0.3 is 0 Å². The van der Waals surface area contributed by atoms with Gasteiger partial charge in [0.2, 0.25) is 9.05 Å². The molecule has 1 aromatic heterocycles.